The van der Waals surface area contributed by atoms with E-state index in [0.29, 0.717) is 37.2 Å². The zero-order valence-corrected chi connectivity index (χ0v) is 16.4. The predicted molar refractivity (Wildman–Crippen MR) is 97.7 cm³/mol. The molecule has 0 rings (SSSR count). The van der Waals surface area contributed by atoms with E-state index in [9.17, 15) is 9.59 Å². The molecule has 0 saturated heterocycles. The van der Waals surface area contributed by atoms with E-state index in [1.807, 2.05) is 41.5 Å². The van der Waals surface area contributed by atoms with Gasteiger partial charge >= 0.3 is 11.9 Å². The highest BCUT2D eigenvalue weighted by Crippen LogP contribution is 2.24. The summed E-state index contributed by atoms with van der Waals surface area (Å²) in [5.41, 5.74) is 0.993. The first-order valence-corrected chi connectivity index (χ1v) is 9.39. The van der Waals surface area contributed by atoms with Crippen molar-refractivity contribution >= 4 is 11.9 Å². The van der Waals surface area contributed by atoms with Crippen LogP contribution in [0.3, 0.4) is 0 Å². The monoisotopic (exact) mass is 340 g/mol. The van der Waals surface area contributed by atoms with Gasteiger partial charge in [-0.15, -0.1) is 0 Å². The first kappa shape index (κ1) is 22.7. The lowest BCUT2D eigenvalue weighted by atomic mass is 9.92. The number of esters is 2. The van der Waals surface area contributed by atoms with Crippen molar-refractivity contribution in [2.75, 3.05) is 13.2 Å². The van der Waals surface area contributed by atoms with Gasteiger partial charge in [0.25, 0.3) is 0 Å². The van der Waals surface area contributed by atoms with Crippen molar-refractivity contribution in [2.45, 2.75) is 80.1 Å². The van der Waals surface area contributed by atoms with Crippen LogP contribution < -0.4 is 0 Å². The van der Waals surface area contributed by atoms with Crippen LogP contribution in [-0.4, -0.2) is 25.2 Å². The third kappa shape index (κ3) is 9.74. The Labute approximate surface area is 148 Å². The average Bonchev–Trinajstić information content (AvgIpc) is 2.50. The molecule has 0 aliphatic heterocycles. The Hall–Kier alpha value is -1.32. The van der Waals surface area contributed by atoms with E-state index in [2.05, 4.69) is 0 Å². The summed E-state index contributed by atoms with van der Waals surface area (Å²) < 4.78 is 10.8. The van der Waals surface area contributed by atoms with Gasteiger partial charge in [0, 0.05) is 11.1 Å². The Morgan fingerprint density at radius 1 is 0.708 bits per heavy atom. The lowest BCUT2D eigenvalue weighted by Crippen LogP contribution is -2.20. The highest BCUT2D eigenvalue weighted by molar-refractivity contribution is 6.00. The van der Waals surface area contributed by atoms with Gasteiger partial charge in [-0.25, -0.2) is 9.59 Å². The minimum Gasteiger partial charge on any atom is -0.462 e. The van der Waals surface area contributed by atoms with E-state index in [-0.39, 0.29) is 23.8 Å². The van der Waals surface area contributed by atoms with E-state index >= 15 is 0 Å². The molecule has 0 heterocycles. The summed E-state index contributed by atoms with van der Waals surface area (Å²) in [5.74, 6) is -0.186. The van der Waals surface area contributed by atoms with E-state index < -0.39 is 0 Å². The predicted octanol–water partition coefficient (Wildman–Crippen LogP) is 5.06. The van der Waals surface area contributed by atoms with Gasteiger partial charge in [0.1, 0.15) is 0 Å². The molecule has 4 nitrogen and oxygen atoms in total. The second-order valence-corrected chi connectivity index (χ2v) is 7.13. The summed E-state index contributed by atoms with van der Waals surface area (Å²) in [6.45, 7) is 13.0. The van der Waals surface area contributed by atoms with Crippen molar-refractivity contribution in [3.05, 3.63) is 11.1 Å². The first-order valence-electron chi connectivity index (χ1n) is 9.39. The molecule has 0 radical (unpaired) electrons. The van der Waals surface area contributed by atoms with Gasteiger partial charge in [-0.05, 0) is 37.5 Å². The smallest absolute Gasteiger partial charge is 0.334 e. The van der Waals surface area contributed by atoms with Crippen LogP contribution in [0.5, 0.6) is 0 Å². The largest absolute Gasteiger partial charge is 0.462 e. The molecule has 140 valence electrons. The van der Waals surface area contributed by atoms with E-state index in [0.717, 1.165) is 25.7 Å². The molecule has 0 aromatic heterocycles. The zero-order valence-electron chi connectivity index (χ0n) is 16.4. The molecule has 0 atom stereocenters. The molecular weight excluding hydrogens is 304 g/mol. The summed E-state index contributed by atoms with van der Waals surface area (Å²) in [5, 5.41) is 0. The van der Waals surface area contributed by atoms with Crippen molar-refractivity contribution in [1.82, 2.24) is 0 Å². The number of carbonyl (C=O) groups is 2. The normalized spacial score (nSPS) is 12.3. The van der Waals surface area contributed by atoms with Crippen molar-refractivity contribution in [1.29, 1.82) is 0 Å². The SMILES string of the molecule is CCCCOC(=O)C(CC(C)C)=C(CC(C)C)C(=O)OCCCC. The fourth-order valence-corrected chi connectivity index (χ4v) is 2.27. The third-order valence-electron chi connectivity index (χ3n) is 3.54. The van der Waals surface area contributed by atoms with Crippen LogP contribution in [0, 0.1) is 11.8 Å². The summed E-state index contributed by atoms with van der Waals surface area (Å²) in [6, 6.07) is 0. The fourth-order valence-electron chi connectivity index (χ4n) is 2.27. The second kappa shape index (κ2) is 13.0. The molecule has 24 heavy (non-hydrogen) atoms. The van der Waals surface area contributed by atoms with Crippen molar-refractivity contribution < 1.29 is 19.1 Å². The Bertz CT molecular complexity index is 370. The van der Waals surface area contributed by atoms with Crippen molar-refractivity contribution in [3.63, 3.8) is 0 Å². The molecule has 0 fully saturated rings. The summed E-state index contributed by atoms with van der Waals surface area (Å²) in [7, 11) is 0. The number of unbranched alkanes of at least 4 members (excludes halogenated alkanes) is 2. The summed E-state index contributed by atoms with van der Waals surface area (Å²) in [4.78, 5) is 25.0. The molecule has 0 spiro atoms. The third-order valence-corrected chi connectivity index (χ3v) is 3.54. The van der Waals surface area contributed by atoms with Crippen molar-refractivity contribution in [2.24, 2.45) is 11.8 Å². The van der Waals surface area contributed by atoms with Crippen LogP contribution in [0.2, 0.25) is 0 Å². The fraction of sp³-hybridized carbons (Fsp3) is 0.800. The quantitative estimate of drug-likeness (QED) is 0.283. The first-order chi connectivity index (χ1) is 11.3. The Kier molecular flexibility index (Phi) is 12.3. The molecule has 0 aliphatic carbocycles. The number of rotatable bonds is 12. The van der Waals surface area contributed by atoms with E-state index in [4.69, 9.17) is 9.47 Å². The molecule has 0 aliphatic rings. The van der Waals surface area contributed by atoms with Crippen LogP contribution in [0.4, 0.5) is 0 Å². The Morgan fingerprint density at radius 3 is 1.29 bits per heavy atom. The minimum absolute atomic E-state index is 0.268. The molecule has 0 saturated carbocycles. The molecule has 4 heteroatoms. The van der Waals surface area contributed by atoms with Crippen LogP contribution in [0.15, 0.2) is 11.1 Å². The van der Waals surface area contributed by atoms with E-state index in [1.54, 1.807) is 0 Å². The van der Waals surface area contributed by atoms with E-state index in [1.165, 1.54) is 0 Å². The maximum atomic E-state index is 12.5. The molecule has 0 bridgehead atoms. The van der Waals surface area contributed by atoms with Crippen LogP contribution in [-0.2, 0) is 19.1 Å². The lowest BCUT2D eigenvalue weighted by molar-refractivity contribution is -0.142. The number of hydrogen-bond acceptors (Lipinski definition) is 4. The van der Waals surface area contributed by atoms with Gasteiger partial charge < -0.3 is 9.47 Å². The van der Waals surface area contributed by atoms with Crippen LogP contribution in [0.25, 0.3) is 0 Å². The standard InChI is InChI=1S/C20H36O4/c1-7-9-11-23-19(21)17(13-15(3)4)18(14-16(5)6)20(22)24-12-10-8-2/h15-16H,7-14H2,1-6H3. The highest BCUT2D eigenvalue weighted by atomic mass is 16.5. The van der Waals surface area contributed by atoms with Gasteiger partial charge in [-0.3, -0.25) is 0 Å². The molecular formula is C20H36O4. The average molecular weight is 341 g/mol. The highest BCUT2D eigenvalue weighted by Gasteiger charge is 2.24. The molecule has 0 aromatic rings. The summed E-state index contributed by atoms with van der Waals surface area (Å²) >= 11 is 0. The Morgan fingerprint density at radius 2 is 1.04 bits per heavy atom. The molecule has 0 N–H and O–H groups in total. The maximum absolute atomic E-state index is 12.5. The van der Waals surface area contributed by atoms with Gasteiger partial charge in [-0.2, -0.15) is 0 Å². The molecule has 0 aromatic carbocycles. The van der Waals surface area contributed by atoms with Gasteiger partial charge in [0.2, 0.25) is 0 Å². The summed E-state index contributed by atoms with van der Waals surface area (Å²) in [6.07, 6.45) is 4.68. The minimum atomic E-state index is -0.361. The van der Waals surface area contributed by atoms with Crippen LogP contribution >= 0.6 is 0 Å². The maximum Gasteiger partial charge on any atom is 0.334 e. The topological polar surface area (TPSA) is 52.6 Å². The molecule has 0 unspecified atom stereocenters. The number of ether oxygens (including phenoxy) is 2. The van der Waals surface area contributed by atoms with Gasteiger partial charge in [-0.1, -0.05) is 54.4 Å². The zero-order chi connectivity index (χ0) is 18.5. The lowest BCUT2D eigenvalue weighted by Gasteiger charge is -2.17. The van der Waals surface area contributed by atoms with Gasteiger partial charge in [0.15, 0.2) is 0 Å². The molecule has 0 amide bonds. The van der Waals surface area contributed by atoms with Crippen LogP contribution in [0.1, 0.15) is 80.1 Å². The second-order valence-electron chi connectivity index (χ2n) is 7.13. The number of carbonyl (C=O) groups excluding carboxylic acids is 2. The number of hydrogen-bond donors (Lipinski definition) is 0. The van der Waals surface area contributed by atoms with Crippen molar-refractivity contribution in [3.8, 4) is 0 Å². The Balaban J connectivity index is 5.42. The van der Waals surface area contributed by atoms with Gasteiger partial charge in [0.05, 0.1) is 13.2 Å².